The fourth-order valence-corrected chi connectivity index (χ4v) is 12.0. The highest BCUT2D eigenvalue weighted by Gasteiger charge is 2.20. The molecular weight excluding hydrogens is 1010 g/mol. The van der Waals surface area contributed by atoms with Crippen LogP contribution in [0.25, 0.3) is 0 Å². The summed E-state index contributed by atoms with van der Waals surface area (Å²) in [4.78, 5) is 24.7. The van der Waals surface area contributed by atoms with Crippen LogP contribution in [0.4, 0.5) is 0 Å². The first-order valence-electron chi connectivity index (χ1n) is 37.6. The summed E-state index contributed by atoms with van der Waals surface area (Å²) in [6.07, 6.45) is 91.0. The molecule has 0 saturated carbocycles. The van der Waals surface area contributed by atoms with Crippen molar-refractivity contribution in [3.8, 4) is 0 Å². The van der Waals surface area contributed by atoms with Crippen LogP contribution >= 0.6 is 0 Å². The number of hydrogen-bond acceptors (Lipinski definition) is 5. The summed E-state index contributed by atoms with van der Waals surface area (Å²) in [5, 5.41) is 23.4. The largest absolute Gasteiger partial charge is 0.466 e. The Bertz CT molecular complexity index is 1280. The fourth-order valence-electron chi connectivity index (χ4n) is 12.0. The average Bonchev–Trinajstić information content (AvgIpc) is 3.48. The first-order chi connectivity index (χ1) is 40.5. The highest BCUT2D eigenvalue weighted by atomic mass is 16.5. The number of amides is 1. The molecule has 0 bridgehead atoms. The van der Waals surface area contributed by atoms with Crippen LogP contribution in [0.5, 0.6) is 0 Å². The zero-order valence-electron chi connectivity index (χ0n) is 55.8. The van der Waals surface area contributed by atoms with E-state index in [4.69, 9.17) is 4.74 Å². The lowest BCUT2D eigenvalue weighted by molar-refractivity contribution is -0.143. The molecule has 1 amide bonds. The fraction of sp³-hybridized carbons (Fsp3) is 0.921. The summed E-state index contributed by atoms with van der Waals surface area (Å²) >= 11 is 0. The van der Waals surface area contributed by atoms with Crippen molar-refractivity contribution < 1.29 is 24.5 Å². The highest BCUT2D eigenvalue weighted by Crippen LogP contribution is 2.20. The van der Waals surface area contributed by atoms with E-state index in [1.54, 1.807) is 0 Å². The Morgan fingerprint density at radius 1 is 0.341 bits per heavy atom. The van der Waals surface area contributed by atoms with Gasteiger partial charge < -0.3 is 20.3 Å². The van der Waals surface area contributed by atoms with Crippen LogP contribution in [0.2, 0.25) is 0 Å². The molecule has 6 nitrogen and oxygen atoms in total. The van der Waals surface area contributed by atoms with Gasteiger partial charge in [0.05, 0.1) is 25.4 Å². The van der Waals surface area contributed by atoms with Crippen LogP contribution in [-0.2, 0) is 14.3 Å². The number of rotatable bonds is 71. The smallest absolute Gasteiger partial charge is 0.305 e. The number of carbonyl (C=O) groups is 2. The maximum absolute atomic E-state index is 12.6. The topological polar surface area (TPSA) is 95.9 Å². The van der Waals surface area contributed by atoms with Crippen molar-refractivity contribution >= 4 is 11.9 Å². The van der Waals surface area contributed by atoms with Gasteiger partial charge in [0.2, 0.25) is 5.91 Å². The van der Waals surface area contributed by atoms with Gasteiger partial charge in [0, 0.05) is 12.8 Å². The minimum Gasteiger partial charge on any atom is -0.466 e. The molecule has 6 heteroatoms. The van der Waals surface area contributed by atoms with Crippen molar-refractivity contribution in [2.45, 2.75) is 437 Å². The van der Waals surface area contributed by atoms with Crippen molar-refractivity contribution in [1.29, 1.82) is 0 Å². The molecule has 0 aliphatic heterocycles. The number of hydrogen-bond donors (Lipinski definition) is 3. The summed E-state index contributed by atoms with van der Waals surface area (Å²) in [6, 6.07) is -0.540. The van der Waals surface area contributed by atoms with Crippen LogP contribution in [0.15, 0.2) is 24.3 Å². The zero-order chi connectivity index (χ0) is 59.2. The van der Waals surface area contributed by atoms with E-state index in [-0.39, 0.29) is 18.5 Å². The van der Waals surface area contributed by atoms with Gasteiger partial charge in [0.25, 0.3) is 0 Å². The molecule has 2 atom stereocenters. The number of aliphatic hydroxyl groups excluding tert-OH is 2. The molecule has 0 heterocycles. The summed E-state index contributed by atoms with van der Waals surface area (Å²) < 4.78 is 5.51. The number of allylic oxidation sites excluding steroid dienone is 4. The first kappa shape index (κ1) is 80.3. The number of nitrogens with one attached hydrogen (secondary N) is 1. The molecule has 0 saturated heterocycles. The third kappa shape index (κ3) is 67.5. The lowest BCUT2D eigenvalue weighted by Gasteiger charge is -2.22. The second-order valence-corrected chi connectivity index (χ2v) is 26.0. The van der Waals surface area contributed by atoms with Crippen molar-refractivity contribution in [3.05, 3.63) is 24.3 Å². The first-order valence-corrected chi connectivity index (χ1v) is 37.6. The molecule has 0 fully saturated rings. The zero-order valence-corrected chi connectivity index (χ0v) is 55.8. The van der Waals surface area contributed by atoms with E-state index in [1.165, 1.54) is 340 Å². The molecule has 0 spiro atoms. The second kappa shape index (κ2) is 71.8. The molecule has 2 unspecified atom stereocenters. The monoisotopic (exact) mass is 1150 g/mol. The normalized spacial score (nSPS) is 12.6. The number of aliphatic hydroxyl groups is 2. The van der Waals surface area contributed by atoms with E-state index in [0.717, 1.165) is 51.4 Å². The summed E-state index contributed by atoms with van der Waals surface area (Å²) in [7, 11) is 0. The predicted molar refractivity (Wildman–Crippen MR) is 361 cm³/mol. The van der Waals surface area contributed by atoms with Gasteiger partial charge in [0.15, 0.2) is 0 Å². The van der Waals surface area contributed by atoms with Gasteiger partial charge in [-0.1, -0.05) is 378 Å². The minimum atomic E-state index is -0.664. The quantitative estimate of drug-likeness (QED) is 0.0320. The number of carbonyl (C=O) groups excluding carboxylic acids is 2. The molecule has 82 heavy (non-hydrogen) atoms. The van der Waals surface area contributed by atoms with Gasteiger partial charge in [-0.15, -0.1) is 0 Å². The third-order valence-corrected chi connectivity index (χ3v) is 17.8. The Morgan fingerprint density at radius 2 is 0.610 bits per heavy atom. The Morgan fingerprint density at radius 3 is 0.951 bits per heavy atom. The highest BCUT2D eigenvalue weighted by molar-refractivity contribution is 5.76. The Labute approximate surface area is 513 Å². The molecule has 0 radical (unpaired) electrons. The summed E-state index contributed by atoms with van der Waals surface area (Å²) in [6.45, 7) is 4.97. The molecule has 3 N–H and O–H groups in total. The van der Waals surface area contributed by atoms with E-state index in [0.29, 0.717) is 25.9 Å². The van der Waals surface area contributed by atoms with Gasteiger partial charge in [-0.05, 0) is 57.8 Å². The molecule has 0 aromatic carbocycles. The Balaban J connectivity index is 3.34. The minimum absolute atomic E-state index is 0.0146. The van der Waals surface area contributed by atoms with Gasteiger partial charge in [-0.2, -0.15) is 0 Å². The molecular formula is C76H147NO5. The summed E-state index contributed by atoms with van der Waals surface area (Å²) in [5.74, 6) is -0.0134. The van der Waals surface area contributed by atoms with E-state index in [2.05, 4.69) is 43.5 Å². The van der Waals surface area contributed by atoms with Crippen LogP contribution < -0.4 is 5.32 Å². The lowest BCUT2D eigenvalue weighted by Crippen LogP contribution is -2.45. The molecule has 0 rings (SSSR count). The van der Waals surface area contributed by atoms with Crippen LogP contribution in [0.3, 0.4) is 0 Å². The lowest BCUT2D eigenvalue weighted by atomic mass is 10.0. The van der Waals surface area contributed by atoms with Crippen molar-refractivity contribution in [2.24, 2.45) is 0 Å². The van der Waals surface area contributed by atoms with Gasteiger partial charge in [-0.25, -0.2) is 0 Å². The maximum atomic E-state index is 12.6. The summed E-state index contributed by atoms with van der Waals surface area (Å²) in [5.41, 5.74) is 0. The Kier molecular flexibility index (Phi) is 70.4. The number of unbranched alkanes of at least 4 members (excludes halogenated alkanes) is 56. The van der Waals surface area contributed by atoms with E-state index in [9.17, 15) is 19.8 Å². The third-order valence-electron chi connectivity index (χ3n) is 17.8. The number of esters is 1. The second-order valence-electron chi connectivity index (χ2n) is 26.0. The molecule has 0 aromatic rings. The van der Waals surface area contributed by atoms with Crippen LogP contribution in [-0.4, -0.2) is 47.4 Å². The van der Waals surface area contributed by atoms with Crippen LogP contribution in [0.1, 0.15) is 425 Å². The molecule has 0 aliphatic rings. The van der Waals surface area contributed by atoms with Gasteiger partial charge in [-0.3, -0.25) is 9.59 Å². The standard InChI is InChI=1S/C76H147NO5/c1-3-5-7-9-11-13-15-17-19-21-23-33-36-40-44-48-52-56-60-64-68-74(79)73(72-78)77-75(80)69-65-61-57-53-49-45-41-37-34-30-28-26-24-25-27-29-31-35-39-43-47-51-55-59-63-67-71-82-76(81)70-66-62-58-54-50-46-42-38-32-22-20-18-16-14-12-10-8-6-4-2/h12,14,18,20,73-74,78-79H,3-11,13,15-17,19,21-72H2,1-2H3,(H,77,80)/b14-12-,20-18-. The Hall–Kier alpha value is -1.66. The van der Waals surface area contributed by atoms with Crippen LogP contribution in [0, 0.1) is 0 Å². The number of ether oxygens (including phenoxy) is 1. The van der Waals surface area contributed by atoms with Gasteiger partial charge in [0.1, 0.15) is 0 Å². The molecule has 486 valence electrons. The van der Waals surface area contributed by atoms with Crippen molar-refractivity contribution in [1.82, 2.24) is 5.32 Å². The predicted octanol–water partition coefficient (Wildman–Crippen LogP) is 24.5. The molecule has 0 aromatic heterocycles. The van der Waals surface area contributed by atoms with Gasteiger partial charge >= 0.3 is 5.97 Å². The molecule has 0 aliphatic carbocycles. The van der Waals surface area contributed by atoms with E-state index in [1.807, 2.05) is 0 Å². The SMILES string of the molecule is CCCCC/C=C\C/C=C\CCCCCCCCCCCC(=O)OCCCCCCCCCCCCCCCCCCCCCCCCCCCCC(=O)NC(CO)C(O)CCCCCCCCCCCCCCCCCCCCCC. The van der Waals surface area contributed by atoms with Crippen molar-refractivity contribution in [3.63, 3.8) is 0 Å². The average molecular weight is 1160 g/mol. The van der Waals surface area contributed by atoms with E-state index < -0.39 is 12.1 Å². The van der Waals surface area contributed by atoms with E-state index >= 15 is 0 Å². The maximum Gasteiger partial charge on any atom is 0.305 e. The van der Waals surface area contributed by atoms with Crippen molar-refractivity contribution in [2.75, 3.05) is 13.2 Å².